The molecule has 2 nitrogen and oxygen atoms in total. The lowest BCUT2D eigenvalue weighted by atomic mass is 10.0. The molecule has 0 saturated carbocycles. The third kappa shape index (κ3) is 2.23. The first-order chi connectivity index (χ1) is 7.04. The van der Waals surface area contributed by atoms with Crippen LogP contribution in [-0.2, 0) is 0 Å². The van der Waals surface area contributed by atoms with Crippen molar-refractivity contribution in [3.63, 3.8) is 0 Å². The van der Waals surface area contributed by atoms with Crippen molar-refractivity contribution in [2.45, 2.75) is 20.8 Å². The van der Waals surface area contributed by atoms with Crippen LogP contribution in [0.15, 0.2) is 4.47 Å². The fourth-order valence-electron chi connectivity index (χ4n) is 1.62. The Morgan fingerprint density at radius 1 is 1.20 bits per heavy atom. The van der Waals surface area contributed by atoms with Gasteiger partial charge in [0.15, 0.2) is 0 Å². The van der Waals surface area contributed by atoms with E-state index in [-0.39, 0.29) is 0 Å². The molecule has 1 rings (SSSR count). The molecule has 0 aliphatic rings. The van der Waals surface area contributed by atoms with Crippen molar-refractivity contribution in [3.05, 3.63) is 21.2 Å². The molecule has 1 aromatic rings. The number of ether oxygens (including phenoxy) is 1. The topological polar surface area (TPSA) is 21.3 Å². The Morgan fingerprint density at radius 2 is 1.80 bits per heavy atom. The summed E-state index contributed by atoms with van der Waals surface area (Å²) in [6, 6.07) is 0.367. The van der Waals surface area contributed by atoms with E-state index in [2.05, 4.69) is 28.2 Å². The minimum Gasteiger partial charge on any atom is -0.494 e. The first kappa shape index (κ1) is 12.7. The van der Waals surface area contributed by atoms with Gasteiger partial charge in [-0.3, -0.25) is 0 Å². The summed E-state index contributed by atoms with van der Waals surface area (Å²) < 4.78 is 6.51. The van der Waals surface area contributed by atoms with Crippen LogP contribution >= 0.6 is 27.5 Å². The van der Waals surface area contributed by atoms with Crippen molar-refractivity contribution in [3.8, 4) is 5.75 Å². The minimum absolute atomic E-state index is 0.367. The maximum Gasteiger partial charge on any atom is 0.145 e. The highest BCUT2D eigenvalue weighted by Crippen LogP contribution is 2.39. The summed E-state index contributed by atoms with van der Waals surface area (Å²) in [4.78, 5) is 0. The lowest BCUT2D eigenvalue weighted by Crippen LogP contribution is -2.04. The molecule has 0 heterocycles. The highest BCUT2D eigenvalue weighted by molar-refractivity contribution is 9.10. The Bertz CT molecular complexity index is 380. The monoisotopic (exact) mass is 291 g/mol. The van der Waals surface area contributed by atoms with Crippen molar-refractivity contribution in [1.29, 1.82) is 0 Å². The zero-order valence-electron chi connectivity index (χ0n) is 9.37. The molecule has 4 heteroatoms. The van der Waals surface area contributed by atoms with Crippen molar-refractivity contribution >= 4 is 33.2 Å². The molecule has 0 spiro atoms. The van der Waals surface area contributed by atoms with E-state index in [9.17, 15) is 0 Å². The Kier molecular flexibility index (Phi) is 4.29. The van der Waals surface area contributed by atoms with E-state index < -0.39 is 0 Å². The zero-order chi connectivity index (χ0) is 11.6. The normalized spacial score (nSPS) is 10.3. The van der Waals surface area contributed by atoms with Crippen molar-refractivity contribution < 1.29 is 4.74 Å². The molecule has 0 radical (unpaired) electrons. The van der Waals surface area contributed by atoms with Gasteiger partial charge in [0.2, 0.25) is 0 Å². The predicted octanol–water partition coefficient (Wildman–Crippen LogP) is 3.99. The van der Waals surface area contributed by atoms with Crippen LogP contribution in [0.2, 0.25) is 0 Å². The second-order valence-corrected chi connectivity index (χ2v) is 4.47. The first-order valence-corrected chi connectivity index (χ1v) is 6.00. The maximum absolute atomic E-state index is 5.70. The van der Waals surface area contributed by atoms with E-state index in [0.717, 1.165) is 27.0 Å². The summed E-state index contributed by atoms with van der Waals surface area (Å²) in [5.41, 5.74) is 4.41. The number of rotatable bonds is 3. The van der Waals surface area contributed by atoms with Gasteiger partial charge in [-0.25, -0.2) is 0 Å². The van der Waals surface area contributed by atoms with Crippen LogP contribution in [0, 0.1) is 20.8 Å². The maximum atomic E-state index is 5.70. The number of methoxy groups -OCH3 is 1. The van der Waals surface area contributed by atoms with Gasteiger partial charge in [0, 0.05) is 4.47 Å². The predicted molar refractivity (Wildman–Crippen MR) is 69.2 cm³/mol. The number of hydrogen-bond donors (Lipinski definition) is 1. The van der Waals surface area contributed by atoms with Crippen LogP contribution in [0.1, 0.15) is 16.7 Å². The third-order valence-electron chi connectivity index (χ3n) is 2.61. The molecule has 0 amide bonds. The van der Waals surface area contributed by atoms with Crippen LogP contribution in [-0.4, -0.2) is 13.1 Å². The van der Waals surface area contributed by atoms with Crippen molar-refractivity contribution in [2.24, 2.45) is 0 Å². The Labute approximate surface area is 104 Å². The molecule has 0 aromatic heterocycles. The molecule has 0 atom stereocenters. The van der Waals surface area contributed by atoms with E-state index >= 15 is 0 Å². The SMILES string of the molecule is COc1c(C)c(C)c(Br)c(C)c1NCCl. The summed E-state index contributed by atoms with van der Waals surface area (Å²) >= 11 is 9.27. The summed E-state index contributed by atoms with van der Waals surface area (Å²) in [6.07, 6.45) is 0. The number of nitrogens with one attached hydrogen (secondary N) is 1. The molecule has 15 heavy (non-hydrogen) atoms. The average Bonchev–Trinajstić information content (AvgIpc) is 2.24. The van der Waals surface area contributed by atoms with Gasteiger partial charge < -0.3 is 10.1 Å². The highest BCUT2D eigenvalue weighted by atomic mass is 79.9. The molecule has 0 aliphatic heterocycles. The average molecular weight is 293 g/mol. The number of halogens is 2. The Hall–Kier alpha value is -0.410. The molecule has 0 aliphatic carbocycles. The standard InChI is InChI=1S/C11H15BrClNO/c1-6-7(2)11(15-4)10(14-5-13)8(3)9(6)12/h14H,5H2,1-4H3. The van der Waals surface area contributed by atoms with Crippen LogP contribution in [0.4, 0.5) is 5.69 Å². The van der Waals surface area contributed by atoms with Gasteiger partial charge in [-0.1, -0.05) is 15.9 Å². The Balaban J connectivity index is 3.47. The second-order valence-electron chi connectivity index (χ2n) is 3.41. The van der Waals surface area contributed by atoms with Gasteiger partial charge in [0.25, 0.3) is 0 Å². The van der Waals surface area contributed by atoms with Crippen molar-refractivity contribution in [1.82, 2.24) is 0 Å². The summed E-state index contributed by atoms with van der Waals surface area (Å²) in [5, 5.41) is 3.11. The molecule has 0 unspecified atom stereocenters. The van der Waals surface area contributed by atoms with E-state index in [0.29, 0.717) is 6.00 Å². The molecule has 1 N–H and O–H groups in total. The van der Waals surface area contributed by atoms with Gasteiger partial charge in [-0.15, -0.1) is 11.6 Å². The molecule has 0 saturated heterocycles. The van der Waals surface area contributed by atoms with Crippen molar-refractivity contribution in [2.75, 3.05) is 18.4 Å². The summed E-state index contributed by atoms with van der Waals surface area (Å²) in [7, 11) is 1.68. The van der Waals surface area contributed by atoms with Crippen LogP contribution in [0.3, 0.4) is 0 Å². The van der Waals surface area contributed by atoms with E-state index in [1.54, 1.807) is 7.11 Å². The summed E-state index contributed by atoms with van der Waals surface area (Å²) in [5.74, 6) is 0.869. The zero-order valence-corrected chi connectivity index (χ0v) is 11.7. The van der Waals surface area contributed by atoms with Crippen LogP contribution in [0.25, 0.3) is 0 Å². The lowest BCUT2D eigenvalue weighted by molar-refractivity contribution is 0.412. The van der Waals surface area contributed by atoms with E-state index in [4.69, 9.17) is 16.3 Å². The molecular weight excluding hydrogens is 277 g/mol. The summed E-state index contributed by atoms with van der Waals surface area (Å²) in [6.45, 7) is 6.14. The van der Waals surface area contributed by atoms with Crippen LogP contribution in [0.5, 0.6) is 5.75 Å². The van der Waals surface area contributed by atoms with Gasteiger partial charge >= 0.3 is 0 Å². The lowest BCUT2D eigenvalue weighted by Gasteiger charge is -2.18. The molecule has 0 bridgehead atoms. The largest absolute Gasteiger partial charge is 0.494 e. The van der Waals surface area contributed by atoms with E-state index in [1.807, 2.05) is 13.8 Å². The molecule has 84 valence electrons. The van der Waals surface area contributed by atoms with E-state index in [1.165, 1.54) is 5.56 Å². The Morgan fingerprint density at radius 3 is 2.27 bits per heavy atom. The number of anilines is 1. The number of hydrogen-bond acceptors (Lipinski definition) is 2. The smallest absolute Gasteiger partial charge is 0.145 e. The molecular formula is C11H15BrClNO. The van der Waals surface area contributed by atoms with Gasteiger partial charge in [0.05, 0.1) is 18.8 Å². The number of alkyl halides is 1. The highest BCUT2D eigenvalue weighted by Gasteiger charge is 2.15. The van der Waals surface area contributed by atoms with Gasteiger partial charge in [0.1, 0.15) is 5.75 Å². The fraction of sp³-hybridized carbons (Fsp3) is 0.455. The molecule has 1 aromatic carbocycles. The molecule has 0 fully saturated rings. The third-order valence-corrected chi connectivity index (χ3v) is 3.93. The quantitative estimate of drug-likeness (QED) is 0.672. The van der Waals surface area contributed by atoms with Gasteiger partial charge in [-0.05, 0) is 37.5 Å². The second kappa shape index (κ2) is 5.08. The number of benzene rings is 1. The first-order valence-electron chi connectivity index (χ1n) is 4.67. The van der Waals surface area contributed by atoms with Gasteiger partial charge in [-0.2, -0.15) is 0 Å². The van der Waals surface area contributed by atoms with Crippen LogP contribution < -0.4 is 10.1 Å². The minimum atomic E-state index is 0.367. The fourth-order valence-corrected chi connectivity index (χ4v) is 2.25.